The van der Waals surface area contributed by atoms with Gasteiger partial charge in [-0.05, 0) is 30.7 Å². The Balaban J connectivity index is 1.27. The minimum absolute atomic E-state index is 0.00983. The van der Waals surface area contributed by atoms with Crippen LogP contribution in [0.2, 0.25) is 0 Å². The monoisotopic (exact) mass is 540 g/mol. The van der Waals surface area contributed by atoms with E-state index in [-0.39, 0.29) is 37.3 Å². The summed E-state index contributed by atoms with van der Waals surface area (Å²) in [5, 5.41) is 17.6. The van der Waals surface area contributed by atoms with Crippen molar-refractivity contribution in [3.63, 3.8) is 0 Å². The molecule has 0 aliphatic carbocycles. The molecule has 0 bridgehead atoms. The SMILES string of the molecule is NC1=NC2N=CC(CNc3ccc(C(=O)NC(CCC(=O)ON4C(=O)CCC4=O)C(=O)O)cc3)=NC2C(=O)N1. The second-order valence-electron chi connectivity index (χ2n) is 8.64. The number of imide groups is 1. The van der Waals surface area contributed by atoms with Crippen LogP contribution in [0.5, 0.6) is 0 Å². The Labute approximate surface area is 220 Å². The van der Waals surface area contributed by atoms with Crippen LogP contribution < -0.4 is 21.7 Å². The van der Waals surface area contributed by atoms with Crippen LogP contribution in [0.4, 0.5) is 5.69 Å². The lowest BCUT2D eigenvalue weighted by Gasteiger charge is -2.25. The zero-order valence-electron chi connectivity index (χ0n) is 20.3. The van der Waals surface area contributed by atoms with Crippen LogP contribution >= 0.6 is 0 Å². The van der Waals surface area contributed by atoms with Crippen molar-refractivity contribution < 1.29 is 38.7 Å². The lowest BCUT2D eigenvalue weighted by Crippen LogP contribution is -2.52. The van der Waals surface area contributed by atoms with Crippen molar-refractivity contribution in [2.75, 3.05) is 11.9 Å². The topological polar surface area (TPSA) is 234 Å². The van der Waals surface area contributed by atoms with Crippen molar-refractivity contribution in [2.45, 2.75) is 43.9 Å². The maximum Gasteiger partial charge on any atom is 0.333 e. The third-order valence-corrected chi connectivity index (χ3v) is 5.82. The van der Waals surface area contributed by atoms with Crippen LogP contribution in [0.25, 0.3) is 0 Å². The lowest BCUT2D eigenvalue weighted by atomic mass is 10.1. The molecule has 3 aliphatic heterocycles. The third-order valence-electron chi connectivity index (χ3n) is 5.82. The zero-order chi connectivity index (χ0) is 28.1. The van der Waals surface area contributed by atoms with E-state index in [0.29, 0.717) is 16.5 Å². The van der Waals surface area contributed by atoms with Crippen molar-refractivity contribution in [1.29, 1.82) is 0 Å². The number of hydroxylamine groups is 2. The first-order valence-electron chi connectivity index (χ1n) is 11.8. The van der Waals surface area contributed by atoms with Crippen molar-refractivity contribution in [1.82, 2.24) is 15.7 Å². The summed E-state index contributed by atoms with van der Waals surface area (Å²) in [6.45, 7) is 0.233. The number of aliphatic imine (C=N–C) groups is 3. The number of benzene rings is 1. The van der Waals surface area contributed by atoms with Crippen LogP contribution in [0.15, 0.2) is 39.2 Å². The summed E-state index contributed by atoms with van der Waals surface area (Å²) in [4.78, 5) is 88.5. The van der Waals surface area contributed by atoms with Gasteiger partial charge in [-0.2, -0.15) is 0 Å². The zero-order valence-corrected chi connectivity index (χ0v) is 20.3. The molecule has 16 heteroatoms. The number of amides is 4. The molecule has 0 aromatic heterocycles. The first-order chi connectivity index (χ1) is 18.6. The number of carboxylic acids is 1. The van der Waals surface area contributed by atoms with E-state index in [1.165, 1.54) is 18.3 Å². The molecule has 16 nitrogen and oxygen atoms in total. The van der Waals surface area contributed by atoms with Gasteiger partial charge in [-0.15, -0.1) is 5.06 Å². The van der Waals surface area contributed by atoms with E-state index < -0.39 is 60.2 Å². The number of rotatable bonds is 10. The van der Waals surface area contributed by atoms with Crippen molar-refractivity contribution in [3.8, 4) is 0 Å². The van der Waals surface area contributed by atoms with Gasteiger partial charge in [-0.3, -0.25) is 34.5 Å². The Morgan fingerprint density at radius 1 is 1.13 bits per heavy atom. The number of guanidine groups is 1. The number of fused-ring (bicyclic) bond motifs is 1. The molecule has 1 saturated heterocycles. The average Bonchev–Trinajstić information content (AvgIpc) is 3.22. The number of anilines is 1. The Kier molecular flexibility index (Phi) is 7.93. The Hall–Kier alpha value is -5.15. The van der Waals surface area contributed by atoms with E-state index in [1.54, 1.807) is 12.1 Å². The molecule has 39 heavy (non-hydrogen) atoms. The smallest absolute Gasteiger partial charge is 0.333 e. The van der Waals surface area contributed by atoms with Gasteiger partial charge in [0.1, 0.15) is 6.04 Å². The molecule has 3 heterocycles. The van der Waals surface area contributed by atoms with E-state index in [1.807, 2.05) is 0 Å². The first kappa shape index (κ1) is 26.9. The number of nitrogens with zero attached hydrogens (tertiary/aromatic N) is 4. The van der Waals surface area contributed by atoms with Gasteiger partial charge < -0.3 is 26.3 Å². The molecular weight excluding hydrogens is 516 g/mol. The Morgan fingerprint density at radius 2 is 1.82 bits per heavy atom. The lowest BCUT2D eigenvalue weighted by molar-refractivity contribution is -0.197. The van der Waals surface area contributed by atoms with Crippen LogP contribution in [-0.4, -0.2) is 88.4 Å². The van der Waals surface area contributed by atoms with Gasteiger partial charge in [0.05, 0.1) is 18.7 Å². The predicted octanol–water partition coefficient (Wildman–Crippen LogP) is -1.67. The summed E-state index contributed by atoms with van der Waals surface area (Å²) < 4.78 is 0. The molecule has 0 spiro atoms. The van der Waals surface area contributed by atoms with Gasteiger partial charge in [-0.1, -0.05) is 0 Å². The molecule has 1 aromatic carbocycles. The highest BCUT2D eigenvalue weighted by Gasteiger charge is 2.34. The Bertz CT molecular complexity index is 1290. The van der Waals surface area contributed by atoms with Gasteiger partial charge >= 0.3 is 11.9 Å². The van der Waals surface area contributed by atoms with Crippen molar-refractivity contribution >= 4 is 59.1 Å². The Morgan fingerprint density at radius 3 is 2.49 bits per heavy atom. The highest BCUT2D eigenvalue weighted by atomic mass is 16.7. The van der Waals surface area contributed by atoms with Gasteiger partial charge in [0.25, 0.3) is 23.6 Å². The molecule has 1 fully saturated rings. The predicted molar refractivity (Wildman–Crippen MR) is 134 cm³/mol. The molecule has 4 rings (SSSR count). The van der Waals surface area contributed by atoms with Crippen molar-refractivity contribution in [2.24, 2.45) is 20.7 Å². The number of aliphatic carboxylic acids is 1. The molecule has 3 atom stereocenters. The second-order valence-corrected chi connectivity index (χ2v) is 8.64. The summed E-state index contributed by atoms with van der Waals surface area (Å²) in [6.07, 6.45) is -0.109. The molecule has 4 amide bonds. The first-order valence-corrected chi connectivity index (χ1v) is 11.8. The number of carboxylic acid groups (broad SMARTS) is 1. The van der Waals surface area contributed by atoms with Gasteiger partial charge in [0.2, 0.25) is 0 Å². The molecular formula is C23H24N8O8. The molecule has 3 aliphatic rings. The summed E-state index contributed by atoms with van der Waals surface area (Å²) in [5.41, 5.74) is 6.81. The fraction of sp³-hybridized carbons (Fsp3) is 0.348. The fourth-order valence-corrected chi connectivity index (χ4v) is 3.79. The van der Waals surface area contributed by atoms with Crippen LogP contribution in [0.3, 0.4) is 0 Å². The van der Waals surface area contributed by atoms with E-state index in [4.69, 9.17) is 10.6 Å². The van der Waals surface area contributed by atoms with Crippen LogP contribution in [0, 0.1) is 0 Å². The van der Waals surface area contributed by atoms with Gasteiger partial charge in [0, 0.05) is 30.3 Å². The number of nitrogens with one attached hydrogen (secondary N) is 3. The molecule has 1 aromatic rings. The van der Waals surface area contributed by atoms with Crippen LogP contribution in [-0.2, 0) is 28.8 Å². The minimum atomic E-state index is -1.42. The molecule has 0 saturated carbocycles. The maximum atomic E-state index is 12.6. The number of hydrogen-bond acceptors (Lipinski definition) is 12. The van der Waals surface area contributed by atoms with Gasteiger partial charge in [-0.25, -0.2) is 14.6 Å². The largest absolute Gasteiger partial charge is 0.480 e. The summed E-state index contributed by atoms with van der Waals surface area (Å²) in [5.74, 6) is -4.75. The van der Waals surface area contributed by atoms with E-state index in [2.05, 4.69) is 30.9 Å². The molecule has 3 unspecified atom stereocenters. The average molecular weight is 540 g/mol. The molecule has 0 radical (unpaired) electrons. The van der Waals surface area contributed by atoms with E-state index in [0.717, 1.165) is 0 Å². The standard InChI is InChI=1S/C23H24N8O8/c24-23-29-19-18(21(36)30-23)27-13(10-26-19)9-25-12-3-1-11(2-4-12)20(35)28-14(22(37)38)5-8-17(34)39-31-15(32)6-7-16(31)33/h1-4,10,14,18-19,25H,5-9H2,(H,28,35)(H,37,38)(H3,24,29,30,36). The summed E-state index contributed by atoms with van der Waals surface area (Å²) in [6, 6.07) is 3.89. The highest BCUT2D eigenvalue weighted by Crippen LogP contribution is 2.16. The highest BCUT2D eigenvalue weighted by molar-refractivity contribution is 6.33. The minimum Gasteiger partial charge on any atom is -0.480 e. The molecule has 6 N–H and O–H groups in total. The van der Waals surface area contributed by atoms with E-state index >= 15 is 0 Å². The van der Waals surface area contributed by atoms with Crippen LogP contribution in [0.1, 0.15) is 36.0 Å². The fourth-order valence-electron chi connectivity index (χ4n) is 3.79. The molecule has 204 valence electrons. The number of hydrogen-bond donors (Lipinski definition) is 5. The number of carbonyl (C=O) groups excluding carboxylic acids is 5. The number of nitrogens with two attached hydrogens (primary N) is 1. The third kappa shape index (κ3) is 6.60. The van der Waals surface area contributed by atoms with E-state index in [9.17, 15) is 33.9 Å². The maximum absolute atomic E-state index is 12.6. The normalized spacial score (nSPS) is 20.8. The quantitative estimate of drug-likeness (QED) is 0.212. The summed E-state index contributed by atoms with van der Waals surface area (Å²) in [7, 11) is 0. The number of carbonyl (C=O) groups is 6. The second kappa shape index (κ2) is 11.5. The summed E-state index contributed by atoms with van der Waals surface area (Å²) >= 11 is 0. The van der Waals surface area contributed by atoms with Crippen molar-refractivity contribution in [3.05, 3.63) is 29.8 Å². The van der Waals surface area contributed by atoms with Gasteiger partial charge in [0.15, 0.2) is 18.2 Å².